The molecule has 1 saturated heterocycles. The van der Waals surface area contributed by atoms with Crippen molar-refractivity contribution in [2.45, 2.75) is 43.7 Å². The fourth-order valence-corrected chi connectivity index (χ4v) is 2.39. The average molecular weight is 357 g/mol. The van der Waals surface area contributed by atoms with Crippen molar-refractivity contribution >= 4 is 5.91 Å². The van der Waals surface area contributed by atoms with E-state index in [9.17, 15) is 25.2 Å². The monoisotopic (exact) mass is 357 g/mol. The zero-order valence-corrected chi connectivity index (χ0v) is 13.6. The molecule has 1 heterocycles. The van der Waals surface area contributed by atoms with Crippen molar-refractivity contribution in [2.75, 3.05) is 13.2 Å². The van der Waals surface area contributed by atoms with E-state index in [4.69, 9.17) is 14.6 Å². The van der Waals surface area contributed by atoms with E-state index in [-0.39, 0.29) is 17.9 Å². The zero-order chi connectivity index (χ0) is 18.6. The zero-order valence-electron chi connectivity index (χ0n) is 13.6. The molecule has 1 aliphatic heterocycles. The van der Waals surface area contributed by atoms with E-state index < -0.39 is 49.3 Å². The summed E-state index contributed by atoms with van der Waals surface area (Å²) in [7, 11) is 0. The molecular weight excluding hydrogens is 334 g/mol. The molecule has 0 unspecified atom stereocenters. The smallest absolute Gasteiger partial charge is 0.255 e. The molecule has 1 fully saturated rings. The van der Waals surface area contributed by atoms with Crippen LogP contribution in [-0.2, 0) is 4.74 Å². The number of aliphatic hydroxyl groups excluding tert-OH is 5. The second kappa shape index (κ2) is 8.56. The minimum atomic E-state index is -1.58. The Labute approximate surface area is 144 Å². The van der Waals surface area contributed by atoms with Crippen LogP contribution in [0.3, 0.4) is 0 Å². The lowest BCUT2D eigenvalue weighted by molar-refractivity contribution is -0.277. The summed E-state index contributed by atoms with van der Waals surface area (Å²) in [5, 5.41) is 50.4. The minimum absolute atomic E-state index is 0.0782. The third-order valence-corrected chi connectivity index (χ3v) is 3.87. The van der Waals surface area contributed by atoms with Crippen LogP contribution in [0.15, 0.2) is 24.3 Å². The summed E-state index contributed by atoms with van der Waals surface area (Å²) in [4.78, 5) is 12.3. The summed E-state index contributed by atoms with van der Waals surface area (Å²) in [5.74, 6) is -0.420. The van der Waals surface area contributed by atoms with Crippen molar-refractivity contribution in [3.05, 3.63) is 29.8 Å². The normalized spacial score (nSPS) is 30.6. The van der Waals surface area contributed by atoms with Crippen LogP contribution in [-0.4, -0.2) is 81.4 Å². The molecule has 2 rings (SSSR count). The van der Waals surface area contributed by atoms with Gasteiger partial charge in [0.25, 0.3) is 5.91 Å². The van der Waals surface area contributed by atoms with Crippen molar-refractivity contribution < 1.29 is 39.8 Å². The molecule has 0 radical (unpaired) electrons. The van der Waals surface area contributed by atoms with Gasteiger partial charge in [-0.2, -0.15) is 0 Å². The van der Waals surface area contributed by atoms with Gasteiger partial charge in [0.05, 0.1) is 18.8 Å². The van der Waals surface area contributed by atoms with Gasteiger partial charge in [0.1, 0.15) is 30.2 Å². The van der Waals surface area contributed by atoms with Crippen molar-refractivity contribution in [3.8, 4) is 5.75 Å². The quantitative estimate of drug-likeness (QED) is 0.342. The van der Waals surface area contributed by atoms with E-state index in [1.807, 2.05) is 0 Å². The lowest BCUT2D eigenvalue weighted by Gasteiger charge is -2.39. The number of rotatable bonds is 6. The Morgan fingerprint density at radius 2 is 1.88 bits per heavy atom. The van der Waals surface area contributed by atoms with Crippen LogP contribution in [0.1, 0.15) is 17.3 Å². The summed E-state index contributed by atoms with van der Waals surface area (Å²) in [6, 6.07) is 5.70. The maximum Gasteiger partial charge on any atom is 0.255 e. The summed E-state index contributed by atoms with van der Waals surface area (Å²) in [6.45, 7) is 0.807. The molecule has 6 N–H and O–H groups in total. The molecule has 9 nitrogen and oxygen atoms in total. The topological polar surface area (TPSA) is 149 Å². The second-order valence-corrected chi connectivity index (χ2v) is 5.87. The van der Waals surface area contributed by atoms with Crippen LogP contribution in [0.2, 0.25) is 0 Å². The van der Waals surface area contributed by atoms with E-state index in [1.54, 1.807) is 19.1 Å². The Hall–Kier alpha value is -1.75. The van der Waals surface area contributed by atoms with Crippen LogP contribution in [0.25, 0.3) is 0 Å². The summed E-state index contributed by atoms with van der Waals surface area (Å²) < 4.78 is 10.8. The van der Waals surface area contributed by atoms with Gasteiger partial charge in [-0.3, -0.25) is 4.79 Å². The standard InChI is InChI=1S/C16H23NO8/c1-8(6-18)17-15(23)9-4-2-3-5-10(9)24-16-14(22)13(21)12(20)11(7-19)25-16/h2-5,8,11-14,16,18-22H,6-7H2,1H3,(H,17,23)/t8-,11-,12-,13+,14-,16-/m1/s1. The van der Waals surface area contributed by atoms with E-state index in [0.717, 1.165) is 0 Å². The molecule has 1 aromatic carbocycles. The number of hydrogen-bond acceptors (Lipinski definition) is 8. The number of carbonyl (C=O) groups excluding carboxylic acids is 1. The molecule has 140 valence electrons. The molecule has 1 aromatic rings. The number of nitrogens with one attached hydrogen (secondary N) is 1. The fourth-order valence-electron chi connectivity index (χ4n) is 2.39. The molecular formula is C16H23NO8. The summed E-state index contributed by atoms with van der Waals surface area (Å²) in [5.41, 5.74) is 0.139. The third kappa shape index (κ3) is 4.46. The van der Waals surface area contributed by atoms with Crippen molar-refractivity contribution in [1.29, 1.82) is 0 Å². The van der Waals surface area contributed by atoms with Gasteiger partial charge in [-0.05, 0) is 19.1 Å². The highest BCUT2D eigenvalue weighted by molar-refractivity contribution is 5.97. The number of benzene rings is 1. The molecule has 6 atom stereocenters. The van der Waals surface area contributed by atoms with Crippen molar-refractivity contribution in [3.63, 3.8) is 0 Å². The van der Waals surface area contributed by atoms with E-state index >= 15 is 0 Å². The number of carbonyl (C=O) groups is 1. The Bertz CT molecular complexity index is 581. The van der Waals surface area contributed by atoms with Gasteiger partial charge in [-0.25, -0.2) is 0 Å². The van der Waals surface area contributed by atoms with Crippen LogP contribution in [0.4, 0.5) is 0 Å². The molecule has 1 amide bonds. The highest BCUT2D eigenvalue weighted by atomic mass is 16.7. The lowest BCUT2D eigenvalue weighted by Crippen LogP contribution is -2.60. The van der Waals surface area contributed by atoms with E-state index in [1.165, 1.54) is 12.1 Å². The second-order valence-electron chi connectivity index (χ2n) is 5.87. The number of aliphatic hydroxyl groups is 5. The first-order valence-electron chi connectivity index (χ1n) is 7.87. The van der Waals surface area contributed by atoms with Gasteiger partial charge in [0.15, 0.2) is 0 Å². The summed E-state index contributed by atoms with van der Waals surface area (Å²) in [6.07, 6.45) is -7.15. The van der Waals surface area contributed by atoms with Gasteiger partial charge in [-0.15, -0.1) is 0 Å². The molecule has 0 saturated carbocycles. The number of hydrogen-bond donors (Lipinski definition) is 6. The average Bonchev–Trinajstić information content (AvgIpc) is 2.62. The fraction of sp³-hybridized carbons (Fsp3) is 0.562. The highest BCUT2D eigenvalue weighted by Gasteiger charge is 2.44. The first-order valence-corrected chi connectivity index (χ1v) is 7.87. The molecule has 0 spiro atoms. The Morgan fingerprint density at radius 3 is 2.52 bits per heavy atom. The predicted octanol–water partition coefficient (Wildman–Crippen LogP) is -2.02. The SMILES string of the molecule is C[C@H](CO)NC(=O)c1ccccc1O[C@@H]1O[C@H](CO)[C@@H](O)[C@H](O)[C@H]1O. The van der Waals surface area contributed by atoms with E-state index in [0.29, 0.717) is 0 Å². The maximum absolute atomic E-state index is 12.3. The Morgan fingerprint density at radius 1 is 1.20 bits per heavy atom. The third-order valence-electron chi connectivity index (χ3n) is 3.87. The van der Waals surface area contributed by atoms with Gasteiger partial charge in [0, 0.05) is 6.04 Å². The number of amides is 1. The Kier molecular flexibility index (Phi) is 6.71. The molecule has 9 heteroatoms. The van der Waals surface area contributed by atoms with Gasteiger partial charge in [0.2, 0.25) is 6.29 Å². The summed E-state index contributed by atoms with van der Waals surface area (Å²) >= 11 is 0. The molecule has 25 heavy (non-hydrogen) atoms. The van der Waals surface area contributed by atoms with Gasteiger partial charge in [-0.1, -0.05) is 12.1 Å². The van der Waals surface area contributed by atoms with Gasteiger partial charge >= 0.3 is 0 Å². The first-order chi connectivity index (χ1) is 11.9. The maximum atomic E-state index is 12.3. The van der Waals surface area contributed by atoms with Crippen molar-refractivity contribution in [1.82, 2.24) is 5.32 Å². The van der Waals surface area contributed by atoms with Crippen LogP contribution in [0.5, 0.6) is 5.75 Å². The lowest BCUT2D eigenvalue weighted by atomic mass is 9.99. The number of ether oxygens (including phenoxy) is 2. The minimum Gasteiger partial charge on any atom is -0.461 e. The van der Waals surface area contributed by atoms with Crippen LogP contribution in [0, 0.1) is 0 Å². The van der Waals surface area contributed by atoms with Crippen LogP contribution < -0.4 is 10.1 Å². The van der Waals surface area contributed by atoms with E-state index in [2.05, 4.69) is 5.32 Å². The van der Waals surface area contributed by atoms with Crippen molar-refractivity contribution in [2.24, 2.45) is 0 Å². The number of para-hydroxylation sites is 1. The largest absolute Gasteiger partial charge is 0.461 e. The Balaban J connectivity index is 2.18. The molecule has 1 aliphatic rings. The molecule has 0 bridgehead atoms. The van der Waals surface area contributed by atoms with Gasteiger partial charge < -0.3 is 40.3 Å². The molecule has 0 aromatic heterocycles. The predicted molar refractivity (Wildman–Crippen MR) is 84.9 cm³/mol. The highest BCUT2D eigenvalue weighted by Crippen LogP contribution is 2.26. The first kappa shape index (κ1) is 19.6. The van der Waals surface area contributed by atoms with Crippen LogP contribution >= 0.6 is 0 Å². The molecule has 0 aliphatic carbocycles.